The normalized spacial score (nSPS) is 16.8. The highest BCUT2D eigenvalue weighted by atomic mass is 32.2. The van der Waals surface area contributed by atoms with Crippen molar-refractivity contribution in [2.75, 3.05) is 18.1 Å². The molecule has 5 nitrogen and oxygen atoms in total. The fraction of sp³-hybridized carbons (Fsp3) is 0.611. The molecule has 1 aromatic carbocycles. The third-order valence-electron chi connectivity index (χ3n) is 4.46. The molecule has 0 saturated heterocycles. The van der Waals surface area contributed by atoms with Gasteiger partial charge in [0.1, 0.15) is 0 Å². The number of sulfonamides is 1. The van der Waals surface area contributed by atoms with Gasteiger partial charge in [0.15, 0.2) is 0 Å². The number of hydrogen-bond donors (Lipinski definition) is 1. The Bertz CT molecular complexity index is 657. The minimum atomic E-state index is -3.41. The summed E-state index contributed by atoms with van der Waals surface area (Å²) in [6.07, 6.45) is 7.20. The van der Waals surface area contributed by atoms with Crippen LogP contribution in [-0.2, 0) is 14.8 Å². The van der Waals surface area contributed by atoms with E-state index in [9.17, 15) is 13.2 Å². The summed E-state index contributed by atoms with van der Waals surface area (Å²) in [5.41, 5.74) is 2.84. The Morgan fingerprint density at radius 1 is 1.08 bits per heavy atom. The van der Waals surface area contributed by atoms with Crippen LogP contribution in [0.3, 0.4) is 0 Å². The van der Waals surface area contributed by atoms with Crippen molar-refractivity contribution in [3.63, 3.8) is 0 Å². The second kappa shape index (κ2) is 8.12. The predicted molar refractivity (Wildman–Crippen MR) is 97.6 cm³/mol. The molecule has 0 atom stereocenters. The summed E-state index contributed by atoms with van der Waals surface area (Å²) in [6.45, 7) is 3.82. The van der Waals surface area contributed by atoms with Gasteiger partial charge in [-0.3, -0.25) is 4.79 Å². The number of rotatable bonds is 5. The van der Waals surface area contributed by atoms with Crippen LogP contribution in [0.5, 0.6) is 0 Å². The van der Waals surface area contributed by atoms with Gasteiger partial charge in [-0.25, -0.2) is 8.42 Å². The maximum absolute atomic E-state index is 12.4. The topological polar surface area (TPSA) is 66.5 Å². The van der Waals surface area contributed by atoms with E-state index >= 15 is 0 Å². The van der Waals surface area contributed by atoms with E-state index in [1.54, 1.807) is 0 Å². The number of nitrogens with zero attached hydrogens (tertiary/aromatic N) is 1. The first kappa shape index (κ1) is 18.9. The van der Waals surface area contributed by atoms with Crippen molar-refractivity contribution in [3.8, 4) is 0 Å². The van der Waals surface area contributed by atoms with Crippen molar-refractivity contribution >= 4 is 21.6 Å². The quantitative estimate of drug-likeness (QED) is 0.827. The summed E-state index contributed by atoms with van der Waals surface area (Å²) in [7, 11) is -3.41. The minimum absolute atomic E-state index is 0.0625. The Morgan fingerprint density at radius 3 is 2.12 bits per heavy atom. The van der Waals surface area contributed by atoms with Crippen LogP contribution in [0.4, 0.5) is 5.69 Å². The number of anilines is 1. The number of carbonyl (C=O) groups is 1. The number of benzene rings is 1. The number of carbonyl (C=O) groups excluding carboxylic acids is 1. The first-order valence-corrected chi connectivity index (χ1v) is 10.5. The van der Waals surface area contributed by atoms with E-state index in [1.165, 1.54) is 10.6 Å². The molecule has 0 aliphatic heterocycles. The molecule has 1 fully saturated rings. The molecule has 1 N–H and O–H groups in total. The maximum Gasteiger partial charge on any atom is 0.239 e. The molecule has 0 aromatic heterocycles. The van der Waals surface area contributed by atoms with Crippen LogP contribution >= 0.6 is 0 Å². The fourth-order valence-electron chi connectivity index (χ4n) is 3.45. The van der Waals surface area contributed by atoms with Gasteiger partial charge >= 0.3 is 0 Å². The lowest BCUT2D eigenvalue weighted by Crippen LogP contribution is -2.44. The van der Waals surface area contributed by atoms with Crippen LogP contribution in [0, 0.1) is 13.8 Å². The third kappa shape index (κ3) is 5.60. The number of nitrogens with one attached hydrogen (secondary N) is 1. The number of aryl methyl sites for hydroxylation is 2. The first-order chi connectivity index (χ1) is 11.3. The lowest BCUT2D eigenvalue weighted by Gasteiger charge is -2.28. The Morgan fingerprint density at radius 2 is 1.62 bits per heavy atom. The summed E-state index contributed by atoms with van der Waals surface area (Å²) in [5.74, 6) is -0.283. The molecule has 0 bridgehead atoms. The van der Waals surface area contributed by atoms with Crippen LogP contribution in [0.25, 0.3) is 0 Å². The summed E-state index contributed by atoms with van der Waals surface area (Å²) in [4.78, 5) is 12.4. The lowest BCUT2D eigenvalue weighted by atomic mass is 10.1. The van der Waals surface area contributed by atoms with Crippen molar-refractivity contribution in [1.82, 2.24) is 4.31 Å². The average molecular weight is 353 g/mol. The summed E-state index contributed by atoms with van der Waals surface area (Å²) in [5, 5.41) is 2.84. The van der Waals surface area contributed by atoms with Crippen LogP contribution in [0.1, 0.15) is 49.7 Å². The van der Waals surface area contributed by atoms with Crippen molar-refractivity contribution in [1.29, 1.82) is 0 Å². The van der Waals surface area contributed by atoms with Crippen LogP contribution < -0.4 is 5.32 Å². The molecule has 24 heavy (non-hydrogen) atoms. The molecule has 1 aliphatic carbocycles. The molecule has 1 aromatic rings. The molecule has 1 amide bonds. The van der Waals surface area contributed by atoms with Crippen molar-refractivity contribution in [2.45, 2.75) is 58.4 Å². The lowest BCUT2D eigenvalue weighted by molar-refractivity contribution is -0.116. The number of amides is 1. The zero-order valence-electron chi connectivity index (χ0n) is 14.8. The molecule has 134 valence electrons. The fourth-order valence-corrected chi connectivity index (χ4v) is 4.56. The van der Waals surface area contributed by atoms with Gasteiger partial charge < -0.3 is 5.32 Å². The van der Waals surface area contributed by atoms with Crippen LogP contribution in [-0.4, -0.2) is 37.5 Å². The van der Waals surface area contributed by atoms with E-state index in [0.29, 0.717) is 5.69 Å². The highest BCUT2D eigenvalue weighted by Crippen LogP contribution is 2.24. The average Bonchev–Trinajstić information content (AvgIpc) is 2.71. The van der Waals surface area contributed by atoms with Crippen molar-refractivity contribution < 1.29 is 13.2 Å². The summed E-state index contributed by atoms with van der Waals surface area (Å²) in [6, 6.07) is 5.75. The van der Waals surface area contributed by atoms with Gasteiger partial charge in [-0.2, -0.15) is 4.31 Å². The zero-order valence-corrected chi connectivity index (χ0v) is 15.7. The molecule has 0 spiro atoms. The molecule has 2 rings (SSSR count). The highest BCUT2D eigenvalue weighted by Gasteiger charge is 2.29. The van der Waals surface area contributed by atoms with E-state index in [1.807, 2.05) is 32.0 Å². The molecule has 1 aliphatic rings. The van der Waals surface area contributed by atoms with Gasteiger partial charge in [0.05, 0.1) is 12.8 Å². The standard InChI is InChI=1S/C18H28N2O3S/c1-14-10-15(2)12-16(11-14)19-18(21)13-20(24(3,22)23)17-8-6-4-5-7-9-17/h10-12,17H,4-9,13H2,1-3H3,(H,19,21). The van der Waals surface area contributed by atoms with E-state index in [2.05, 4.69) is 5.32 Å². The molecule has 1 saturated carbocycles. The Labute approximate surface area is 145 Å². The second-order valence-electron chi connectivity index (χ2n) is 6.88. The van der Waals surface area contributed by atoms with Gasteiger partial charge in [-0.1, -0.05) is 31.7 Å². The molecular weight excluding hydrogens is 324 g/mol. The smallest absolute Gasteiger partial charge is 0.239 e. The second-order valence-corrected chi connectivity index (χ2v) is 8.81. The maximum atomic E-state index is 12.4. The van der Waals surface area contributed by atoms with E-state index in [-0.39, 0.29) is 18.5 Å². The number of hydrogen-bond acceptors (Lipinski definition) is 3. The van der Waals surface area contributed by atoms with Crippen molar-refractivity contribution in [3.05, 3.63) is 29.3 Å². The van der Waals surface area contributed by atoms with Crippen LogP contribution in [0.15, 0.2) is 18.2 Å². The van der Waals surface area contributed by atoms with Crippen molar-refractivity contribution in [2.24, 2.45) is 0 Å². The Balaban J connectivity index is 2.09. The molecule has 6 heteroatoms. The van der Waals surface area contributed by atoms with Gasteiger partial charge in [0, 0.05) is 11.7 Å². The third-order valence-corrected chi connectivity index (χ3v) is 5.74. The summed E-state index contributed by atoms with van der Waals surface area (Å²) < 4.78 is 25.8. The van der Waals surface area contributed by atoms with Gasteiger partial charge in [-0.05, 0) is 49.9 Å². The molecule has 0 unspecified atom stereocenters. The monoisotopic (exact) mass is 352 g/mol. The summed E-state index contributed by atoms with van der Waals surface area (Å²) >= 11 is 0. The first-order valence-electron chi connectivity index (χ1n) is 8.60. The molecular formula is C18H28N2O3S. The van der Waals surface area contributed by atoms with Gasteiger partial charge in [0.25, 0.3) is 0 Å². The van der Waals surface area contributed by atoms with E-state index < -0.39 is 10.0 Å². The van der Waals surface area contributed by atoms with E-state index in [4.69, 9.17) is 0 Å². The van der Waals surface area contributed by atoms with E-state index in [0.717, 1.165) is 49.7 Å². The van der Waals surface area contributed by atoms with Gasteiger partial charge in [-0.15, -0.1) is 0 Å². The van der Waals surface area contributed by atoms with Gasteiger partial charge in [0.2, 0.25) is 15.9 Å². The highest BCUT2D eigenvalue weighted by molar-refractivity contribution is 7.88. The molecule has 0 heterocycles. The predicted octanol–water partition coefficient (Wildman–Crippen LogP) is 3.23. The Hall–Kier alpha value is -1.40. The SMILES string of the molecule is Cc1cc(C)cc(NC(=O)CN(C2CCCCCC2)S(C)(=O)=O)c1. The van der Waals surface area contributed by atoms with Crippen LogP contribution in [0.2, 0.25) is 0 Å². The zero-order chi connectivity index (χ0) is 17.7. The Kier molecular flexibility index (Phi) is 6.40. The minimum Gasteiger partial charge on any atom is -0.325 e. The molecule has 0 radical (unpaired) electrons. The largest absolute Gasteiger partial charge is 0.325 e.